The highest BCUT2D eigenvalue weighted by molar-refractivity contribution is 6.05. The Morgan fingerprint density at radius 1 is 1.21 bits per heavy atom. The van der Waals surface area contributed by atoms with Crippen LogP contribution >= 0.6 is 0 Å². The summed E-state index contributed by atoms with van der Waals surface area (Å²) in [5.41, 5.74) is 2.16. The van der Waals surface area contributed by atoms with Gasteiger partial charge in [0.2, 0.25) is 0 Å². The Morgan fingerprint density at radius 2 is 2.04 bits per heavy atom. The monoisotopic (exact) mass is 317 g/mol. The van der Waals surface area contributed by atoms with Crippen LogP contribution in [0.4, 0.5) is 5.69 Å². The number of methoxy groups -OCH3 is 1. The predicted molar refractivity (Wildman–Crippen MR) is 92.5 cm³/mol. The molecule has 5 heteroatoms. The molecule has 24 heavy (non-hydrogen) atoms. The Morgan fingerprint density at radius 3 is 2.75 bits per heavy atom. The fraction of sp³-hybridized carbons (Fsp3) is 0.0526. The second-order valence-electron chi connectivity index (χ2n) is 4.92. The molecule has 0 aliphatic heterocycles. The lowest BCUT2D eigenvalue weighted by molar-refractivity contribution is -0.111. The maximum atomic E-state index is 12.1. The average molecular weight is 317 g/mol. The first-order chi connectivity index (χ1) is 11.8. The highest BCUT2D eigenvalue weighted by Crippen LogP contribution is 2.29. The number of carbonyl (C=O) groups is 1. The molecule has 2 aromatic carbocycles. The maximum absolute atomic E-state index is 12.1. The molecule has 0 atom stereocenters. The minimum absolute atomic E-state index is 0.409. The number of imidazole rings is 1. The van der Waals surface area contributed by atoms with Crippen molar-refractivity contribution in [2.75, 3.05) is 12.4 Å². The molecular formula is C19H15N3O2. The van der Waals surface area contributed by atoms with Gasteiger partial charge in [0.1, 0.15) is 11.6 Å². The van der Waals surface area contributed by atoms with Gasteiger partial charge in [0.15, 0.2) is 0 Å². The average Bonchev–Trinajstić information content (AvgIpc) is 3.15. The van der Waals surface area contributed by atoms with Crippen LogP contribution in [0.2, 0.25) is 0 Å². The van der Waals surface area contributed by atoms with E-state index in [-0.39, 0.29) is 0 Å². The molecule has 0 radical (unpaired) electrons. The second kappa shape index (κ2) is 7.16. The number of amides is 1. The molecule has 0 fully saturated rings. The third kappa shape index (κ3) is 3.62. The Balaban J connectivity index is 1.82. The van der Waals surface area contributed by atoms with Gasteiger partial charge >= 0.3 is 5.91 Å². The molecule has 3 rings (SSSR count). The number of ether oxygens (including phenoxy) is 1. The molecule has 3 aromatic rings. The summed E-state index contributed by atoms with van der Waals surface area (Å²) >= 11 is 0. The number of benzene rings is 2. The molecule has 0 aliphatic carbocycles. The van der Waals surface area contributed by atoms with Crippen LogP contribution < -0.4 is 10.1 Å². The topological polar surface area (TPSA) is 67.0 Å². The van der Waals surface area contributed by atoms with Crippen LogP contribution in [0.15, 0.2) is 60.9 Å². The van der Waals surface area contributed by atoms with E-state index in [0.29, 0.717) is 17.3 Å². The van der Waals surface area contributed by atoms with Crippen molar-refractivity contribution in [1.29, 1.82) is 0 Å². The Hall–Kier alpha value is -3.52. The van der Waals surface area contributed by atoms with Gasteiger partial charge in [0.25, 0.3) is 0 Å². The van der Waals surface area contributed by atoms with E-state index in [1.165, 1.54) is 0 Å². The maximum Gasteiger partial charge on any atom is 0.300 e. The first-order valence-electron chi connectivity index (χ1n) is 7.32. The van der Waals surface area contributed by atoms with Crippen LogP contribution in [0.1, 0.15) is 5.56 Å². The van der Waals surface area contributed by atoms with Gasteiger partial charge in [-0.3, -0.25) is 4.79 Å². The summed E-state index contributed by atoms with van der Waals surface area (Å²) in [6.07, 6.45) is 3.41. The number of aromatic nitrogens is 2. The number of H-pyrrole nitrogens is 1. The van der Waals surface area contributed by atoms with Crippen LogP contribution in [0.25, 0.3) is 11.4 Å². The van der Waals surface area contributed by atoms with E-state index >= 15 is 0 Å². The van der Waals surface area contributed by atoms with Crippen molar-refractivity contribution < 1.29 is 9.53 Å². The molecule has 5 nitrogen and oxygen atoms in total. The van der Waals surface area contributed by atoms with Crippen LogP contribution in [0.5, 0.6) is 5.75 Å². The zero-order valence-corrected chi connectivity index (χ0v) is 13.0. The van der Waals surface area contributed by atoms with Gasteiger partial charge < -0.3 is 15.0 Å². The number of carbonyl (C=O) groups excluding carboxylic acids is 1. The Labute approximate surface area is 139 Å². The van der Waals surface area contributed by atoms with Crippen molar-refractivity contribution in [2.45, 2.75) is 0 Å². The quantitative estimate of drug-likeness (QED) is 0.730. The fourth-order valence-electron chi connectivity index (χ4n) is 2.18. The molecule has 0 aliphatic rings. The van der Waals surface area contributed by atoms with Gasteiger partial charge in [-0.2, -0.15) is 0 Å². The number of aromatic amines is 1. The third-order valence-electron chi connectivity index (χ3n) is 3.31. The van der Waals surface area contributed by atoms with Gasteiger partial charge in [-0.05, 0) is 30.3 Å². The molecular weight excluding hydrogens is 302 g/mol. The lowest BCUT2D eigenvalue weighted by Gasteiger charge is -2.09. The molecule has 0 spiro atoms. The summed E-state index contributed by atoms with van der Waals surface area (Å²) in [5.74, 6) is 6.26. The Kier molecular flexibility index (Phi) is 4.59. The molecule has 1 heterocycles. The fourth-order valence-corrected chi connectivity index (χ4v) is 2.18. The molecule has 0 bridgehead atoms. The van der Waals surface area contributed by atoms with Gasteiger partial charge in [-0.25, -0.2) is 4.98 Å². The SMILES string of the molecule is COc1ccc(-c2ncc[nH]2)cc1NC(=O)C#Cc1ccccc1. The number of hydrogen-bond donors (Lipinski definition) is 2. The van der Waals surface area contributed by atoms with Crippen LogP contribution in [-0.4, -0.2) is 23.0 Å². The summed E-state index contributed by atoms with van der Waals surface area (Å²) < 4.78 is 5.29. The van der Waals surface area contributed by atoms with E-state index in [9.17, 15) is 4.79 Å². The van der Waals surface area contributed by atoms with E-state index in [4.69, 9.17) is 4.74 Å². The first kappa shape index (κ1) is 15.4. The highest BCUT2D eigenvalue weighted by Gasteiger charge is 2.09. The summed E-state index contributed by atoms with van der Waals surface area (Å²) in [6, 6.07) is 14.8. The molecule has 0 saturated heterocycles. The number of nitrogens with zero attached hydrogens (tertiary/aromatic N) is 1. The zero-order valence-electron chi connectivity index (χ0n) is 13.0. The molecule has 1 aromatic heterocycles. The van der Waals surface area contributed by atoms with Crippen molar-refractivity contribution in [1.82, 2.24) is 9.97 Å². The van der Waals surface area contributed by atoms with Crippen molar-refractivity contribution in [2.24, 2.45) is 0 Å². The molecule has 118 valence electrons. The third-order valence-corrected chi connectivity index (χ3v) is 3.31. The summed E-state index contributed by atoms with van der Waals surface area (Å²) in [7, 11) is 1.55. The first-order valence-corrected chi connectivity index (χ1v) is 7.32. The van der Waals surface area contributed by atoms with Crippen LogP contribution in [0.3, 0.4) is 0 Å². The van der Waals surface area contributed by atoms with Gasteiger partial charge in [0, 0.05) is 29.4 Å². The van der Waals surface area contributed by atoms with E-state index in [0.717, 1.165) is 11.1 Å². The standard InChI is InChI=1S/C19H15N3O2/c1-24-17-9-8-15(19-20-11-12-21-19)13-16(17)22-18(23)10-7-14-5-3-2-4-6-14/h2-6,8-9,11-13H,1H3,(H,20,21)(H,22,23). The van der Waals surface area contributed by atoms with Crippen molar-refractivity contribution >= 4 is 11.6 Å². The van der Waals surface area contributed by atoms with Gasteiger partial charge in [-0.15, -0.1) is 0 Å². The molecule has 1 amide bonds. The van der Waals surface area contributed by atoms with Gasteiger partial charge in [0.05, 0.1) is 12.8 Å². The Bertz CT molecular complexity index is 891. The lowest BCUT2D eigenvalue weighted by atomic mass is 10.1. The van der Waals surface area contributed by atoms with Crippen LogP contribution in [0, 0.1) is 11.8 Å². The van der Waals surface area contributed by atoms with E-state index in [2.05, 4.69) is 27.1 Å². The predicted octanol–water partition coefficient (Wildman–Crippen LogP) is 3.08. The molecule has 0 unspecified atom stereocenters. The van der Waals surface area contributed by atoms with Gasteiger partial charge in [-0.1, -0.05) is 24.1 Å². The second-order valence-corrected chi connectivity index (χ2v) is 4.92. The summed E-state index contributed by atoms with van der Waals surface area (Å²) in [6.45, 7) is 0. The van der Waals surface area contributed by atoms with E-state index in [1.54, 1.807) is 31.6 Å². The molecule has 2 N–H and O–H groups in total. The normalized spacial score (nSPS) is 9.71. The largest absolute Gasteiger partial charge is 0.495 e. The lowest BCUT2D eigenvalue weighted by Crippen LogP contribution is -2.09. The van der Waals surface area contributed by atoms with Crippen molar-refractivity contribution in [3.63, 3.8) is 0 Å². The minimum Gasteiger partial charge on any atom is -0.495 e. The van der Waals surface area contributed by atoms with Crippen LogP contribution in [-0.2, 0) is 4.79 Å². The van der Waals surface area contributed by atoms with Crippen molar-refractivity contribution in [3.05, 3.63) is 66.5 Å². The number of rotatable bonds is 3. The van der Waals surface area contributed by atoms with Crippen molar-refractivity contribution in [3.8, 4) is 29.0 Å². The highest BCUT2D eigenvalue weighted by atomic mass is 16.5. The summed E-state index contributed by atoms with van der Waals surface area (Å²) in [5, 5.41) is 2.75. The van der Waals surface area contributed by atoms with E-state index in [1.807, 2.05) is 36.4 Å². The number of hydrogen-bond acceptors (Lipinski definition) is 3. The summed E-state index contributed by atoms with van der Waals surface area (Å²) in [4.78, 5) is 19.3. The minimum atomic E-state index is -0.409. The molecule has 0 saturated carbocycles. The number of nitrogens with one attached hydrogen (secondary N) is 2. The zero-order chi connectivity index (χ0) is 16.8. The van der Waals surface area contributed by atoms with E-state index < -0.39 is 5.91 Å². The number of anilines is 1. The smallest absolute Gasteiger partial charge is 0.300 e.